The Bertz CT molecular complexity index is 310. The van der Waals surface area contributed by atoms with Crippen molar-refractivity contribution in [2.75, 3.05) is 6.54 Å². The second kappa shape index (κ2) is 15.8. The van der Waals surface area contributed by atoms with E-state index in [2.05, 4.69) is 6.92 Å². The molecular weight excluding hydrogens is 297 g/mol. The quantitative estimate of drug-likeness (QED) is 0.291. The van der Waals surface area contributed by atoms with E-state index in [0.29, 0.717) is 6.42 Å². The molecule has 0 aliphatic carbocycles. The van der Waals surface area contributed by atoms with Crippen molar-refractivity contribution < 1.29 is 13.0 Å². The molecule has 0 aliphatic rings. The Labute approximate surface area is 153 Å². The molecule has 0 spiro atoms. The van der Waals surface area contributed by atoms with Gasteiger partial charge >= 0.3 is 29.6 Å². The fraction of sp³-hybridized carbons (Fsp3) is 1.00. The van der Waals surface area contributed by atoms with Crippen molar-refractivity contribution in [3.63, 3.8) is 0 Å². The first-order valence-corrected chi connectivity index (χ1v) is 9.69. The molecule has 0 amide bonds. The monoisotopic (exact) mass is 331 g/mol. The van der Waals surface area contributed by atoms with Gasteiger partial charge in [0, 0.05) is 6.54 Å². The molecule has 0 fully saturated rings. The van der Waals surface area contributed by atoms with Gasteiger partial charge in [-0.05, 0) is 6.42 Å². The molecule has 0 radical (unpaired) electrons. The van der Waals surface area contributed by atoms with E-state index < -0.39 is 15.4 Å². The topological polar surface area (TPSA) is 80.4 Å². The van der Waals surface area contributed by atoms with Crippen molar-refractivity contribution in [1.82, 2.24) is 0 Å². The molecule has 0 aliphatic heterocycles. The molecule has 0 aromatic carbocycles. The van der Waals surface area contributed by atoms with E-state index in [9.17, 15) is 8.42 Å². The van der Waals surface area contributed by atoms with Crippen molar-refractivity contribution in [3.8, 4) is 0 Å². The molecular formula is C15H34NNaO3S. The van der Waals surface area contributed by atoms with Crippen LogP contribution in [0.2, 0.25) is 0 Å². The summed E-state index contributed by atoms with van der Waals surface area (Å²) >= 11 is 0. The molecule has 124 valence electrons. The molecule has 0 rings (SSSR count). The molecule has 0 bridgehead atoms. The zero-order chi connectivity index (χ0) is 15.3. The van der Waals surface area contributed by atoms with E-state index in [1.165, 1.54) is 51.4 Å². The van der Waals surface area contributed by atoms with Gasteiger partial charge in [0.05, 0.1) is 5.25 Å². The molecule has 6 heteroatoms. The van der Waals surface area contributed by atoms with Crippen LogP contribution in [0.15, 0.2) is 0 Å². The van der Waals surface area contributed by atoms with E-state index in [4.69, 9.17) is 10.3 Å². The summed E-state index contributed by atoms with van der Waals surface area (Å²) in [6.45, 7) is 2.24. The third-order valence-corrected chi connectivity index (χ3v) is 5.08. The van der Waals surface area contributed by atoms with Gasteiger partial charge in [0.25, 0.3) is 10.1 Å². The van der Waals surface area contributed by atoms with Crippen LogP contribution in [0.5, 0.6) is 0 Å². The van der Waals surface area contributed by atoms with E-state index in [0.717, 1.165) is 19.3 Å². The molecule has 0 saturated carbocycles. The summed E-state index contributed by atoms with van der Waals surface area (Å²) in [5.41, 5.74) is 5.35. The molecule has 21 heavy (non-hydrogen) atoms. The van der Waals surface area contributed by atoms with Crippen LogP contribution in [-0.4, -0.2) is 54.3 Å². The Morgan fingerprint density at radius 3 is 1.57 bits per heavy atom. The first-order chi connectivity index (χ1) is 9.52. The number of hydrogen-bond donors (Lipinski definition) is 2. The summed E-state index contributed by atoms with van der Waals surface area (Å²) in [6, 6.07) is 0. The van der Waals surface area contributed by atoms with Gasteiger partial charge in [-0.3, -0.25) is 4.55 Å². The van der Waals surface area contributed by atoms with Gasteiger partial charge in [0.2, 0.25) is 0 Å². The van der Waals surface area contributed by atoms with Gasteiger partial charge in [-0.1, -0.05) is 77.6 Å². The molecule has 3 N–H and O–H groups in total. The summed E-state index contributed by atoms with van der Waals surface area (Å²) in [5, 5.41) is -0.777. The summed E-state index contributed by atoms with van der Waals surface area (Å²) in [5.74, 6) is 0. The molecule has 1 unspecified atom stereocenters. The summed E-state index contributed by atoms with van der Waals surface area (Å²) < 4.78 is 30.8. The maximum absolute atomic E-state index is 11.0. The average molecular weight is 331 g/mol. The van der Waals surface area contributed by atoms with Crippen LogP contribution < -0.4 is 5.73 Å². The van der Waals surface area contributed by atoms with E-state index in [-0.39, 0.29) is 36.1 Å². The third kappa shape index (κ3) is 15.5. The molecule has 1 atom stereocenters. The molecule has 0 heterocycles. The van der Waals surface area contributed by atoms with E-state index in [1.54, 1.807) is 0 Å². The van der Waals surface area contributed by atoms with Crippen LogP contribution in [0.25, 0.3) is 0 Å². The summed E-state index contributed by atoms with van der Waals surface area (Å²) in [4.78, 5) is 0. The number of nitrogens with two attached hydrogens (primary N) is 1. The van der Waals surface area contributed by atoms with Crippen LogP contribution in [0.3, 0.4) is 0 Å². The minimum atomic E-state index is -3.95. The fourth-order valence-electron chi connectivity index (χ4n) is 2.42. The summed E-state index contributed by atoms with van der Waals surface area (Å²) in [6.07, 6.45) is 14.1. The predicted octanol–water partition coefficient (Wildman–Crippen LogP) is 3.25. The molecule has 0 saturated heterocycles. The second-order valence-electron chi connectivity index (χ2n) is 5.70. The maximum atomic E-state index is 11.0. The minimum absolute atomic E-state index is 0. The van der Waals surface area contributed by atoms with E-state index in [1.807, 2.05) is 0 Å². The first kappa shape index (κ1) is 24.1. The van der Waals surface area contributed by atoms with Gasteiger partial charge in [-0.15, -0.1) is 0 Å². The Kier molecular flexibility index (Phi) is 18.1. The van der Waals surface area contributed by atoms with Crippen molar-refractivity contribution in [2.45, 2.75) is 89.2 Å². The Morgan fingerprint density at radius 2 is 1.24 bits per heavy atom. The Balaban J connectivity index is 0. The first-order valence-electron chi connectivity index (χ1n) is 8.18. The van der Waals surface area contributed by atoms with Crippen molar-refractivity contribution in [3.05, 3.63) is 0 Å². The van der Waals surface area contributed by atoms with Gasteiger partial charge < -0.3 is 5.73 Å². The van der Waals surface area contributed by atoms with Gasteiger partial charge in [0.15, 0.2) is 0 Å². The Morgan fingerprint density at radius 1 is 0.857 bits per heavy atom. The second-order valence-corrected chi connectivity index (χ2v) is 7.39. The summed E-state index contributed by atoms with van der Waals surface area (Å²) in [7, 11) is -3.95. The van der Waals surface area contributed by atoms with Crippen molar-refractivity contribution in [2.24, 2.45) is 5.73 Å². The average Bonchev–Trinajstić information content (AvgIpc) is 2.38. The fourth-order valence-corrected chi connectivity index (χ4v) is 3.13. The van der Waals surface area contributed by atoms with Crippen LogP contribution in [0.1, 0.15) is 84.0 Å². The molecule has 0 aromatic rings. The zero-order valence-electron chi connectivity index (χ0n) is 13.0. The van der Waals surface area contributed by atoms with Gasteiger partial charge in [-0.2, -0.15) is 8.42 Å². The van der Waals surface area contributed by atoms with Crippen LogP contribution in [0.4, 0.5) is 0 Å². The van der Waals surface area contributed by atoms with E-state index >= 15 is 0 Å². The Hall–Kier alpha value is 0.870. The SMILES string of the molecule is CCCCCCCCCCCCCC(CN)S(=O)(=O)O.[NaH]. The normalized spacial score (nSPS) is 12.9. The van der Waals surface area contributed by atoms with Crippen molar-refractivity contribution >= 4 is 39.7 Å². The predicted molar refractivity (Wildman–Crippen MR) is 92.6 cm³/mol. The number of hydrogen-bond acceptors (Lipinski definition) is 3. The zero-order valence-corrected chi connectivity index (χ0v) is 13.8. The number of unbranched alkanes of at least 4 members (excludes halogenated alkanes) is 10. The van der Waals surface area contributed by atoms with Crippen LogP contribution >= 0.6 is 0 Å². The third-order valence-electron chi connectivity index (χ3n) is 3.81. The number of rotatable bonds is 14. The van der Waals surface area contributed by atoms with Gasteiger partial charge in [-0.25, -0.2) is 0 Å². The van der Waals surface area contributed by atoms with Crippen LogP contribution in [0, 0.1) is 0 Å². The van der Waals surface area contributed by atoms with Crippen molar-refractivity contribution in [1.29, 1.82) is 0 Å². The van der Waals surface area contributed by atoms with Gasteiger partial charge in [0.1, 0.15) is 0 Å². The molecule has 4 nitrogen and oxygen atoms in total. The standard InChI is InChI=1S/C15H33NO3S.Na.H/c1-2-3-4-5-6-7-8-9-10-11-12-13-15(14-16)20(17,18)19;;/h15H,2-14,16H2,1H3,(H,17,18,19);;. The molecule has 0 aromatic heterocycles. The van der Waals surface area contributed by atoms with Crippen LogP contribution in [-0.2, 0) is 10.1 Å².